The van der Waals surface area contributed by atoms with Crippen LogP contribution in [0.15, 0.2) is 0 Å². The van der Waals surface area contributed by atoms with E-state index in [-0.39, 0.29) is 0 Å². The Bertz CT molecular complexity index is 3270. The Hall–Kier alpha value is -12.8. The fraction of sp³-hybridized carbons (Fsp3) is 0.547. The Morgan fingerprint density at radius 3 is 0.670 bits per heavy atom. The van der Waals surface area contributed by atoms with Crippen LogP contribution in [0.4, 0.5) is 0 Å². The van der Waals surface area contributed by atoms with E-state index in [9.17, 15) is 161 Å². The average molecular weight is 1480 g/mol. The van der Waals surface area contributed by atoms with Crippen molar-refractivity contribution >= 4 is 142 Å². The highest BCUT2D eigenvalue weighted by Crippen LogP contribution is 2.10. The Morgan fingerprint density at radius 2 is 0.456 bits per heavy atom. The third kappa shape index (κ3) is 37.1. The van der Waals surface area contributed by atoms with Gasteiger partial charge in [0.05, 0.1) is 64.7 Å². The highest BCUT2D eigenvalue weighted by Gasteiger charge is 2.39. The molecule has 0 aromatic carbocycles. The molecule has 50 heteroatoms. The summed E-state index contributed by atoms with van der Waals surface area (Å²) < 4.78 is 0. The van der Waals surface area contributed by atoms with E-state index < -0.39 is 318 Å². The number of aliphatic hydroxyl groups excluding tert-OH is 2. The number of hydrogen-bond acceptors (Lipinski definition) is 26. The minimum absolute atomic E-state index is 0.729. The molecular weight excluding hydrogens is 1400 g/mol. The quantitative estimate of drug-likeness (QED) is 0.0269. The van der Waals surface area contributed by atoms with Gasteiger partial charge in [-0.25, -0.2) is 0 Å². The molecule has 0 spiro atoms. The largest absolute Gasteiger partial charge is 0.481 e. The number of nitrogens with one attached hydrogen (secondary N) is 13. The predicted octanol–water partition coefficient (Wildman–Crippen LogP) is -15.5. The molecule has 0 aromatic rings. The minimum atomic E-state index is -2.46. The Morgan fingerprint density at radius 1 is 0.262 bits per heavy atom. The van der Waals surface area contributed by atoms with Gasteiger partial charge in [-0.3, -0.25) is 115 Å². The van der Waals surface area contributed by atoms with Gasteiger partial charge < -0.3 is 138 Å². The fourth-order valence-corrected chi connectivity index (χ4v) is 8.22. The molecule has 0 unspecified atom stereocenters. The van der Waals surface area contributed by atoms with E-state index in [1.54, 1.807) is 21.3 Å². The van der Waals surface area contributed by atoms with Crippen molar-refractivity contribution in [2.24, 2.45) is 22.9 Å². The number of amides is 17. The van der Waals surface area contributed by atoms with E-state index in [0.29, 0.717) is 0 Å². The van der Waals surface area contributed by atoms with Crippen LogP contribution in [-0.2, 0) is 115 Å². The van der Waals surface area contributed by atoms with E-state index in [2.05, 4.69) is 0 Å². The van der Waals surface area contributed by atoms with E-state index in [1.165, 1.54) is 0 Å². The second-order valence-electron chi connectivity index (χ2n) is 21.7. The molecule has 0 bridgehead atoms. The topological polar surface area (TPSA) is 852 Å². The molecule has 0 aromatic heterocycles. The Labute approximate surface area is 576 Å². The SMILES string of the molecule is CC(=O)NCC(=O)N[C@H](CC(=O)O)C(=O)N[C@H](CC(N)=O)C(=O)N[C@H](CC(=O)O)C(=O)N[C@H](CO)C(=O)N[C@H](CCC(=O)O)C(=O)N[C@H](CC(=O)O)C(=O)N[C@H](CC(N)=O)C(=O)N[C@H](CO)C(=O)N[C@H](CC(=O)O)C(=O)N[C@H](CCC(=O)O)C(=O)N[C@H](CCC(=O)O)C(=O)N[C@H](CC(N)=O)C(N)=O. The third-order valence-corrected chi connectivity index (χ3v) is 13.2. The van der Waals surface area contributed by atoms with Crippen molar-refractivity contribution in [3.05, 3.63) is 0 Å². The number of carboxylic acid groups (broad SMARTS) is 7. The fourth-order valence-electron chi connectivity index (χ4n) is 8.22. The first-order chi connectivity index (χ1) is 47.8. The van der Waals surface area contributed by atoms with Gasteiger partial charge in [0.1, 0.15) is 72.5 Å². The molecule has 12 atom stereocenters. The zero-order valence-electron chi connectivity index (χ0n) is 53.9. The van der Waals surface area contributed by atoms with Gasteiger partial charge in [0, 0.05) is 26.2 Å². The number of primary amides is 4. The summed E-state index contributed by atoms with van der Waals surface area (Å²) in [5.74, 6) is -37.4. The molecule has 0 aliphatic rings. The number of carbonyl (C=O) groups is 24. The zero-order chi connectivity index (χ0) is 79.3. The van der Waals surface area contributed by atoms with Crippen molar-refractivity contribution in [3.63, 3.8) is 0 Å². The summed E-state index contributed by atoms with van der Waals surface area (Å²) in [6, 6.07) is -26.7. The number of rotatable bonds is 51. The molecule has 0 saturated heterocycles. The molecule has 30 N–H and O–H groups in total. The predicted molar refractivity (Wildman–Crippen MR) is 326 cm³/mol. The summed E-state index contributed by atoms with van der Waals surface area (Å²) in [5, 5.41) is 111. The summed E-state index contributed by atoms with van der Waals surface area (Å²) in [7, 11) is 0. The molecule has 0 radical (unpaired) electrons. The normalized spacial score (nSPS) is 14.1. The number of nitrogens with two attached hydrogens (primary N) is 4. The smallest absolute Gasteiger partial charge is 0.305 e. The van der Waals surface area contributed by atoms with Crippen molar-refractivity contribution in [2.75, 3.05) is 19.8 Å². The van der Waals surface area contributed by atoms with Gasteiger partial charge >= 0.3 is 41.8 Å². The maximum absolute atomic E-state index is 13.8. The summed E-state index contributed by atoms with van der Waals surface area (Å²) in [6.45, 7) is -2.81. The molecular formula is C53H77N17O33. The molecule has 0 aliphatic carbocycles. The Balaban J connectivity index is 6.94. The number of aliphatic hydroxyl groups is 2. The third-order valence-electron chi connectivity index (χ3n) is 13.2. The Kier molecular flexibility index (Phi) is 39.4. The summed E-state index contributed by atoms with van der Waals surface area (Å²) in [4.78, 5) is 302. The van der Waals surface area contributed by atoms with Crippen LogP contribution in [0.3, 0.4) is 0 Å². The maximum atomic E-state index is 13.8. The summed E-state index contributed by atoms with van der Waals surface area (Å²) in [5.41, 5.74) is 20.7. The molecule has 50 nitrogen and oxygen atoms in total. The number of aliphatic carboxylic acids is 7. The van der Waals surface area contributed by atoms with Crippen molar-refractivity contribution in [1.82, 2.24) is 69.1 Å². The number of hydrogen-bond donors (Lipinski definition) is 26. The van der Waals surface area contributed by atoms with Crippen LogP contribution in [0.25, 0.3) is 0 Å². The molecule has 103 heavy (non-hydrogen) atoms. The standard InChI is InChI=1S/C53H77N17O33/c1-18(73)58-15-34(77)59-25(11-38(84)85)48(98)64-23(9-32(55)75)46(96)67-28(14-41(90)91)51(101)70-29(16-71)52(102)62-21(4-7-37(82)83)45(95)66-27(13-40(88)89)50(100)65-24(10-33(56)76)47(97)69-30(17-72)53(103)68-26(12-39(86)87)49(99)61-19(2-5-35(78)79)43(93)60-20(3-6-36(80)81)44(94)63-22(42(57)92)8-31(54)74/h19-30,71-72H,2-17H2,1H3,(H2,54,74)(H2,55,75)(H2,56,76)(H2,57,92)(H,58,73)(H,59,77)(H,60,93)(H,61,99)(H,62,102)(H,63,94)(H,64,98)(H,65,100)(H,66,95)(H,67,96)(H,68,103)(H,69,97)(H,70,101)(H,78,79)(H,80,81)(H,82,83)(H,84,85)(H,86,87)(H,88,89)(H,90,91)/t19-,20-,21-,22-,23-,24-,25-,26-,27-,28-,29-,30-/m1/s1. The summed E-state index contributed by atoms with van der Waals surface area (Å²) >= 11 is 0. The second-order valence-corrected chi connectivity index (χ2v) is 21.7. The molecule has 0 saturated carbocycles. The van der Waals surface area contributed by atoms with Gasteiger partial charge in [0.2, 0.25) is 100 Å². The van der Waals surface area contributed by atoms with E-state index in [0.717, 1.165) is 6.92 Å². The van der Waals surface area contributed by atoms with Gasteiger partial charge in [-0.1, -0.05) is 0 Å². The van der Waals surface area contributed by atoms with Gasteiger partial charge in [0.25, 0.3) is 0 Å². The molecule has 572 valence electrons. The first-order valence-corrected chi connectivity index (χ1v) is 29.6. The monoisotopic (exact) mass is 1480 g/mol. The average Bonchev–Trinajstić information content (AvgIpc) is 0.825. The lowest BCUT2D eigenvalue weighted by molar-refractivity contribution is -0.143. The maximum Gasteiger partial charge on any atom is 0.305 e. The summed E-state index contributed by atoms with van der Waals surface area (Å²) in [6.07, 6.45) is -14.6. The highest BCUT2D eigenvalue weighted by atomic mass is 16.4. The van der Waals surface area contributed by atoms with Crippen LogP contribution in [-0.4, -0.2) is 280 Å². The molecule has 17 amide bonds. The highest BCUT2D eigenvalue weighted by molar-refractivity contribution is 6.03. The second kappa shape index (κ2) is 45.0. The van der Waals surface area contributed by atoms with Crippen LogP contribution >= 0.6 is 0 Å². The lowest BCUT2D eigenvalue weighted by atomic mass is 10.1. The zero-order valence-corrected chi connectivity index (χ0v) is 53.9. The van der Waals surface area contributed by atoms with Gasteiger partial charge in [-0.2, -0.15) is 0 Å². The van der Waals surface area contributed by atoms with E-state index >= 15 is 0 Å². The first-order valence-electron chi connectivity index (χ1n) is 29.6. The van der Waals surface area contributed by atoms with Crippen LogP contribution in [0.1, 0.15) is 90.4 Å². The molecule has 0 rings (SSSR count). The van der Waals surface area contributed by atoms with Crippen molar-refractivity contribution in [3.8, 4) is 0 Å². The lowest BCUT2D eigenvalue weighted by Crippen LogP contribution is -2.62. The van der Waals surface area contributed by atoms with Crippen LogP contribution < -0.4 is 92.1 Å². The van der Waals surface area contributed by atoms with Crippen LogP contribution in [0.2, 0.25) is 0 Å². The van der Waals surface area contributed by atoms with E-state index in [4.69, 9.17) is 22.9 Å². The van der Waals surface area contributed by atoms with Gasteiger partial charge in [-0.15, -0.1) is 0 Å². The first kappa shape index (κ1) is 90.2. The number of carbonyl (C=O) groups excluding carboxylic acids is 17. The van der Waals surface area contributed by atoms with Gasteiger partial charge in [0.15, 0.2) is 0 Å². The van der Waals surface area contributed by atoms with Crippen LogP contribution in [0.5, 0.6) is 0 Å². The molecule has 0 heterocycles. The van der Waals surface area contributed by atoms with Gasteiger partial charge in [-0.05, 0) is 19.3 Å². The van der Waals surface area contributed by atoms with Crippen molar-refractivity contribution < 1.29 is 161 Å². The van der Waals surface area contributed by atoms with Crippen molar-refractivity contribution in [2.45, 2.75) is 163 Å². The van der Waals surface area contributed by atoms with Crippen LogP contribution in [0, 0.1) is 0 Å². The molecule has 0 aliphatic heterocycles. The lowest BCUT2D eigenvalue weighted by Gasteiger charge is -2.27. The van der Waals surface area contributed by atoms with E-state index in [1.807, 2.05) is 47.9 Å². The number of carboxylic acids is 7. The van der Waals surface area contributed by atoms with Crippen molar-refractivity contribution in [1.29, 1.82) is 0 Å². The minimum Gasteiger partial charge on any atom is -0.481 e. The molecule has 0 fully saturated rings.